The highest BCUT2D eigenvalue weighted by atomic mass is 16.5. The van der Waals surface area contributed by atoms with E-state index in [0.29, 0.717) is 6.61 Å². The van der Waals surface area contributed by atoms with E-state index in [1.165, 1.54) is 0 Å². The Hall–Kier alpha value is -1.36. The smallest absolute Gasteiger partial charge is 0.137 e. The molecule has 1 aromatic heterocycles. The van der Waals surface area contributed by atoms with Gasteiger partial charge in [-0.15, -0.1) is 0 Å². The van der Waals surface area contributed by atoms with Crippen molar-refractivity contribution in [2.24, 2.45) is 0 Å². The predicted molar refractivity (Wildman–Crippen MR) is 66.1 cm³/mol. The third kappa shape index (κ3) is 2.61. The van der Waals surface area contributed by atoms with Crippen LogP contribution < -0.4 is 10.2 Å². The summed E-state index contributed by atoms with van der Waals surface area (Å²) in [6, 6.07) is 0.281. The van der Waals surface area contributed by atoms with Crippen molar-refractivity contribution in [2.75, 3.05) is 38.0 Å². The second-order valence-corrected chi connectivity index (χ2v) is 3.84. The zero-order valence-corrected chi connectivity index (χ0v) is 10.6. The normalized spacial score (nSPS) is 12.3. The van der Waals surface area contributed by atoms with Crippen LogP contribution in [0.4, 0.5) is 11.6 Å². The van der Waals surface area contributed by atoms with E-state index in [1.54, 1.807) is 13.4 Å². The fraction of sp³-hybridized carbons (Fsp3) is 0.636. The van der Waals surface area contributed by atoms with E-state index in [4.69, 9.17) is 4.74 Å². The summed E-state index contributed by atoms with van der Waals surface area (Å²) in [5, 5.41) is 3.05. The average Bonchev–Trinajstić information content (AvgIpc) is 2.29. The highest BCUT2D eigenvalue weighted by Crippen LogP contribution is 2.22. The lowest BCUT2D eigenvalue weighted by molar-refractivity contribution is 0.183. The second kappa shape index (κ2) is 5.65. The molecule has 0 amide bonds. The van der Waals surface area contributed by atoms with Crippen LogP contribution in [0.2, 0.25) is 0 Å². The van der Waals surface area contributed by atoms with E-state index in [0.717, 1.165) is 17.2 Å². The molecule has 5 nitrogen and oxygen atoms in total. The summed E-state index contributed by atoms with van der Waals surface area (Å²) in [4.78, 5) is 10.6. The molecule has 0 aromatic carbocycles. The summed E-state index contributed by atoms with van der Waals surface area (Å²) < 4.78 is 5.14. The molecule has 5 heteroatoms. The van der Waals surface area contributed by atoms with Crippen LogP contribution in [0.25, 0.3) is 0 Å². The maximum absolute atomic E-state index is 5.14. The number of nitrogens with zero attached hydrogens (tertiary/aromatic N) is 3. The fourth-order valence-electron chi connectivity index (χ4n) is 1.61. The first-order chi connectivity index (χ1) is 7.61. The lowest BCUT2D eigenvalue weighted by Gasteiger charge is -2.27. The minimum atomic E-state index is 0.281. The Balaban J connectivity index is 2.94. The van der Waals surface area contributed by atoms with Gasteiger partial charge in [-0.3, -0.25) is 0 Å². The summed E-state index contributed by atoms with van der Waals surface area (Å²) in [5.74, 6) is 1.80. The lowest BCUT2D eigenvalue weighted by atomic mass is 10.2. The van der Waals surface area contributed by atoms with Gasteiger partial charge >= 0.3 is 0 Å². The Morgan fingerprint density at radius 1 is 1.50 bits per heavy atom. The topological polar surface area (TPSA) is 50.3 Å². The summed E-state index contributed by atoms with van der Waals surface area (Å²) in [6.07, 6.45) is 1.57. The first-order valence-corrected chi connectivity index (χ1v) is 5.33. The first-order valence-electron chi connectivity index (χ1n) is 5.33. The Morgan fingerprint density at radius 2 is 2.19 bits per heavy atom. The van der Waals surface area contributed by atoms with Gasteiger partial charge in [-0.25, -0.2) is 9.97 Å². The van der Waals surface area contributed by atoms with Crippen LogP contribution in [0.1, 0.15) is 12.5 Å². The monoisotopic (exact) mass is 224 g/mol. The van der Waals surface area contributed by atoms with Gasteiger partial charge in [0.05, 0.1) is 12.6 Å². The number of anilines is 2. The van der Waals surface area contributed by atoms with Crippen molar-refractivity contribution >= 4 is 11.6 Å². The van der Waals surface area contributed by atoms with E-state index in [2.05, 4.69) is 27.1 Å². The van der Waals surface area contributed by atoms with E-state index >= 15 is 0 Å². The van der Waals surface area contributed by atoms with Crippen molar-refractivity contribution in [2.45, 2.75) is 19.9 Å². The van der Waals surface area contributed by atoms with Crippen molar-refractivity contribution in [1.82, 2.24) is 9.97 Å². The molecule has 0 spiro atoms. The molecule has 1 heterocycles. The van der Waals surface area contributed by atoms with Gasteiger partial charge < -0.3 is 15.0 Å². The molecule has 1 N–H and O–H groups in total. The van der Waals surface area contributed by atoms with Gasteiger partial charge in [-0.2, -0.15) is 0 Å². The summed E-state index contributed by atoms with van der Waals surface area (Å²) >= 11 is 0. The molecule has 0 bridgehead atoms. The third-order valence-electron chi connectivity index (χ3n) is 2.70. The van der Waals surface area contributed by atoms with Crippen molar-refractivity contribution in [3.05, 3.63) is 11.9 Å². The molecule has 0 radical (unpaired) electrons. The van der Waals surface area contributed by atoms with Crippen molar-refractivity contribution in [3.8, 4) is 0 Å². The molecule has 0 saturated carbocycles. The minimum absolute atomic E-state index is 0.281. The Bertz CT molecular complexity index is 343. The van der Waals surface area contributed by atoms with Gasteiger partial charge in [-0.05, 0) is 13.8 Å². The standard InChI is InChI=1S/C11H20N4O/c1-8(6-16-5)15(4)11-9(2)10(12-3)13-7-14-11/h7-8H,6H2,1-5H3,(H,12,13,14). The van der Waals surface area contributed by atoms with E-state index in [9.17, 15) is 0 Å². The van der Waals surface area contributed by atoms with Crippen LogP contribution in [-0.2, 0) is 4.74 Å². The highest BCUT2D eigenvalue weighted by Gasteiger charge is 2.15. The van der Waals surface area contributed by atoms with Gasteiger partial charge in [0.25, 0.3) is 0 Å². The summed E-state index contributed by atoms with van der Waals surface area (Å²) in [6.45, 7) is 4.79. The SMILES string of the molecule is CNc1ncnc(N(C)C(C)COC)c1C. The molecular weight excluding hydrogens is 204 g/mol. The summed E-state index contributed by atoms with van der Waals surface area (Å²) in [7, 11) is 5.58. The van der Waals surface area contributed by atoms with E-state index in [-0.39, 0.29) is 6.04 Å². The number of aromatic nitrogens is 2. The van der Waals surface area contributed by atoms with Gasteiger partial charge in [0.15, 0.2) is 0 Å². The van der Waals surface area contributed by atoms with Crippen LogP contribution in [0.5, 0.6) is 0 Å². The van der Waals surface area contributed by atoms with Crippen LogP contribution in [-0.4, -0.2) is 43.8 Å². The number of hydrogen-bond donors (Lipinski definition) is 1. The predicted octanol–water partition coefficient (Wildman–Crippen LogP) is 1.30. The highest BCUT2D eigenvalue weighted by molar-refractivity contribution is 5.57. The van der Waals surface area contributed by atoms with Crippen molar-refractivity contribution in [1.29, 1.82) is 0 Å². The number of likely N-dealkylation sites (N-methyl/N-ethyl adjacent to an activating group) is 1. The lowest BCUT2D eigenvalue weighted by Crippen LogP contribution is -2.33. The largest absolute Gasteiger partial charge is 0.383 e. The zero-order chi connectivity index (χ0) is 12.1. The molecule has 1 rings (SSSR count). The molecule has 1 atom stereocenters. The number of nitrogens with one attached hydrogen (secondary N) is 1. The van der Waals surface area contributed by atoms with Crippen LogP contribution in [0.15, 0.2) is 6.33 Å². The third-order valence-corrected chi connectivity index (χ3v) is 2.70. The van der Waals surface area contributed by atoms with Crippen LogP contribution in [0, 0.1) is 6.92 Å². The Labute approximate surface area is 96.8 Å². The van der Waals surface area contributed by atoms with Gasteiger partial charge in [0.1, 0.15) is 18.0 Å². The van der Waals surface area contributed by atoms with E-state index in [1.807, 2.05) is 21.0 Å². The van der Waals surface area contributed by atoms with Crippen LogP contribution in [0.3, 0.4) is 0 Å². The quantitative estimate of drug-likeness (QED) is 0.817. The molecule has 16 heavy (non-hydrogen) atoms. The van der Waals surface area contributed by atoms with Crippen LogP contribution >= 0.6 is 0 Å². The zero-order valence-electron chi connectivity index (χ0n) is 10.6. The first kappa shape index (κ1) is 12.7. The van der Waals surface area contributed by atoms with Gasteiger partial charge in [0.2, 0.25) is 0 Å². The Kier molecular flexibility index (Phi) is 4.49. The van der Waals surface area contributed by atoms with Crippen molar-refractivity contribution in [3.63, 3.8) is 0 Å². The number of ether oxygens (including phenoxy) is 1. The second-order valence-electron chi connectivity index (χ2n) is 3.84. The number of methoxy groups -OCH3 is 1. The fourth-order valence-corrected chi connectivity index (χ4v) is 1.61. The molecule has 0 aliphatic heterocycles. The maximum atomic E-state index is 5.14. The molecular formula is C11H20N4O. The molecule has 0 saturated heterocycles. The molecule has 1 aromatic rings. The molecule has 0 aliphatic carbocycles. The molecule has 0 fully saturated rings. The maximum Gasteiger partial charge on any atom is 0.137 e. The molecule has 0 aliphatic rings. The number of hydrogen-bond acceptors (Lipinski definition) is 5. The van der Waals surface area contributed by atoms with Crippen molar-refractivity contribution < 1.29 is 4.74 Å². The summed E-state index contributed by atoms with van der Waals surface area (Å²) in [5.41, 5.74) is 1.05. The van der Waals surface area contributed by atoms with Gasteiger partial charge in [0, 0.05) is 26.8 Å². The number of rotatable bonds is 5. The molecule has 1 unspecified atom stereocenters. The average molecular weight is 224 g/mol. The molecule has 90 valence electrons. The minimum Gasteiger partial charge on any atom is -0.383 e. The van der Waals surface area contributed by atoms with E-state index < -0.39 is 0 Å². The Morgan fingerprint density at radius 3 is 2.75 bits per heavy atom. The van der Waals surface area contributed by atoms with Gasteiger partial charge in [-0.1, -0.05) is 0 Å².